The summed E-state index contributed by atoms with van der Waals surface area (Å²) in [6.07, 6.45) is 0.851. The summed E-state index contributed by atoms with van der Waals surface area (Å²) in [6, 6.07) is 0. The van der Waals surface area contributed by atoms with E-state index in [2.05, 4.69) is 0 Å². The molecule has 1 N–H and O–H groups in total. The monoisotopic (exact) mass is 459 g/mol. The molecule has 0 saturated carbocycles. The minimum Gasteiger partial charge on any atom is -0.281 e. The molecule has 2 heterocycles. The highest BCUT2D eigenvalue weighted by atomic mass is 32.2. The first kappa shape index (κ1) is 25.0. The number of nitrogens with zero attached hydrogens (tertiary/aromatic N) is 2. The van der Waals surface area contributed by atoms with E-state index in [0.717, 1.165) is 9.80 Å². The molecule has 2 fully saturated rings. The van der Waals surface area contributed by atoms with E-state index in [9.17, 15) is 24.1 Å². The number of hydrogen-bond acceptors (Lipinski definition) is 7. The molecule has 2 aliphatic heterocycles. The van der Waals surface area contributed by atoms with Crippen molar-refractivity contribution in [1.82, 2.24) is 9.80 Å². The van der Waals surface area contributed by atoms with Crippen LogP contribution in [0.25, 0.3) is 0 Å². The average Bonchev–Trinajstić information content (AvgIpc) is 2.99. The molecule has 30 heavy (non-hydrogen) atoms. The Morgan fingerprint density at radius 3 is 2.10 bits per heavy atom. The van der Waals surface area contributed by atoms with Gasteiger partial charge in [0, 0.05) is 36.6 Å². The largest absolute Gasteiger partial charge is 0.424 e. The van der Waals surface area contributed by atoms with E-state index in [1.807, 2.05) is 27.7 Å². The Labute approximate surface area is 183 Å². The van der Waals surface area contributed by atoms with Gasteiger partial charge in [0.25, 0.3) is 0 Å². The van der Waals surface area contributed by atoms with Crippen LogP contribution in [-0.2, 0) is 23.7 Å². The maximum atomic E-state index is 12.8. The molecule has 10 heteroatoms. The Morgan fingerprint density at radius 1 is 1.07 bits per heavy atom. The molecule has 0 spiro atoms. The number of likely N-dealkylation sites (tertiary alicyclic amines) is 2. The smallest absolute Gasteiger partial charge is 0.281 e. The Kier molecular flexibility index (Phi) is 7.89. The van der Waals surface area contributed by atoms with Crippen molar-refractivity contribution < 1.29 is 28.6 Å². The van der Waals surface area contributed by atoms with Gasteiger partial charge >= 0.3 is 8.00 Å². The summed E-state index contributed by atoms with van der Waals surface area (Å²) in [5.41, 5.74) is -0.595. The number of imide groups is 2. The van der Waals surface area contributed by atoms with Gasteiger partial charge in [0.15, 0.2) is 0 Å². The first-order valence-corrected chi connectivity index (χ1v) is 12.3. The number of amides is 4. The Bertz CT molecular complexity index is 766. The van der Waals surface area contributed by atoms with Crippen LogP contribution in [0.2, 0.25) is 0 Å². The lowest BCUT2D eigenvalue weighted by Gasteiger charge is -2.32. The topological polar surface area (TPSA) is 104 Å². The van der Waals surface area contributed by atoms with Crippen molar-refractivity contribution in [2.75, 3.05) is 13.1 Å². The van der Waals surface area contributed by atoms with E-state index in [-0.39, 0.29) is 60.2 Å². The van der Waals surface area contributed by atoms with E-state index >= 15 is 0 Å². The molecule has 2 saturated heterocycles. The molecular weight excluding hydrogens is 427 g/mol. The van der Waals surface area contributed by atoms with Crippen LogP contribution in [0.4, 0.5) is 0 Å². The van der Waals surface area contributed by atoms with Gasteiger partial charge in [-0.05, 0) is 27.2 Å². The zero-order valence-corrected chi connectivity index (χ0v) is 20.2. The molecule has 0 aromatic heterocycles. The number of carbonyl (C=O) groups is 4. The lowest BCUT2D eigenvalue weighted by molar-refractivity contribution is -0.144. The molecule has 0 aromatic rings. The van der Waals surface area contributed by atoms with Crippen LogP contribution >= 0.6 is 19.8 Å². The maximum Gasteiger partial charge on any atom is 0.424 e. The van der Waals surface area contributed by atoms with Gasteiger partial charge < -0.3 is 0 Å². The summed E-state index contributed by atoms with van der Waals surface area (Å²) in [7, 11) is -1.60. The molecule has 0 aromatic carbocycles. The van der Waals surface area contributed by atoms with Crippen LogP contribution in [-0.4, -0.2) is 72.8 Å². The lowest BCUT2D eigenvalue weighted by Crippen LogP contribution is -2.41. The maximum absolute atomic E-state index is 12.8. The summed E-state index contributed by atoms with van der Waals surface area (Å²) in [6.45, 7) is 11.3. The van der Waals surface area contributed by atoms with Crippen LogP contribution in [0.15, 0.2) is 0 Å². The normalized spacial score (nSPS) is 23.9. The number of carbonyl (C=O) groups excluding carboxylic acids is 4. The van der Waals surface area contributed by atoms with E-state index in [0.29, 0.717) is 6.42 Å². The predicted octanol–water partition coefficient (Wildman–Crippen LogP) is 2.33. The molecule has 0 radical (unpaired) electrons. The molecule has 3 atom stereocenters. The van der Waals surface area contributed by atoms with Gasteiger partial charge in [-0.15, -0.1) is 16.3 Å². The van der Waals surface area contributed by atoms with Crippen molar-refractivity contribution in [3.63, 3.8) is 0 Å². The van der Waals surface area contributed by atoms with Crippen LogP contribution in [0.5, 0.6) is 0 Å². The summed E-state index contributed by atoms with van der Waals surface area (Å²) in [5.74, 6) is 0.203. The van der Waals surface area contributed by atoms with Crippen molar-refractivity contribution in [3.05, 3.63) is 0 Å². The minimum absolute atomic E-state index is 0.0368. The third-order valence-corrected chi connectivity index (χ3v) is 7.65. The van der Waals surface area contributed by atoms with Crippen molar-refractivity contribution in [1.29, 1.82) is 0 Å². The van der Waals surface area contributed by atoms with Crippen LogP contribution < -0.4 is 0 Å². The first-order chi connectivity index (χ1) is 13.8. The van der Waals surface area contributed by atoms with Crippen LogP contribution in [0.1, 0.15) is 60.8 Å². The SMILES string of the molecule is CC=[P+](O)OC(C)(C)CC(C)(C)SC1CC(=O)N(CCN2C(=O)CC(C)C2=O)C1=O. The highest BCUT2D eigenvalue weighted by Gasteiger charge is 2.44. The second-order valence-corrected chi connectivity index (χ2v) is 12.2. The highest BCUT2D eigenvalue weighted by Crippen LogP contribution is 2.42. The molecule has 8 nitrogen and oxygen atoms in total. The second-order valence-electron chi connectivity index (χ2n) is 9.03. The molecule has 0 bridgehead atoms. The summed E-state index contributed by atoms with van der Waals surface area (Å²) >= 11 is 1.42. The van der Waals surface area contributed by atoms with Crippen molar-refractivity contribution in [2.24, 2.45) is 5.92 Å². The third kappa shape index (κ3) is 6.13. The van der Waals surface area contributed by atoms with Crippen molar-refractivity contribution in [3.8, 4) is 0 Å². The van der Waals surface area contributed by atoms with Crippen molar-refractivity contribution in [2.45, 2.75) is 76.4 Å². The zero-order chi connectivity index (χ0) is 22.9. The number of hydrogen-bond donors (Lipinski definition) is 1. The highest BCUT2D eigenvalue weighted by molar-refractivity contribution is 8.02. The van der Waals surface area contributed by atoms with E-state index < -0.39 is 18.9 Å². The Hall–Kier alpha value is -1.28. The van der Waals surface area contributed by atoms with Gasteiger partial charge in [0.1, 0.15) is 11.4 Å². The van der Waals surface area contributed by atoms with Gasteiger partial charge in [0.05, 0.1) is 5.25 Å². The van der Waals surface area contributed by atoms with Gasteiger partial charge in [-0.25, -0.2) is 0 Å². The number of rotatable bonds is 9. The molecular formula is C20H32N2O6PS+. The molecule has 2 aliphatic rings. The van der Waals surface area contributed by atoms with Gasteiger partial charge in [0.2, 0.25) is 23.6 Å². The molecule has 168 valence electrons. The standard InChI is InChI=1S/C20H32N2O6PS/c1-7-29(27)28-19(3,4)12-20(5,6)30-14-11-16(24)22(18(14)26)9-8-21-15(23)10-13(2)17(21)25/h7,13-14,27H,8-12H2,1-6H3/q+1. The molecule has 4 amide bonds. The van der Waals surface area contributed by atoms with E-state index in [1.54, 1.807) is 19.6 Å². The van der Waals surface area contributed by atoms with Gasteiger partial charge in [-0.1, -0.05) is 20.8 Å². The Morgan fingerprint density at radius 2 is 1.60 bits per heavy atom. The van der Waals surface area contributed by atoms with Crippen molar-refractivity contribution >= 4 is 49.2 Å². The Balaban J connectivity index is 1.96. The summed E-state index contributed by atoms with van der Waals surface area (Å²) in [4.78, 5) is 61.4. The quantitative estimate of drug-likeness (QED) is 0.417. The minimum atomic E-state index is -1.60. The zero-order valence-electron chi connectivity index (χ0n) is 18.5. The van der Waals surface area contributed by atoms with Crippen LogP contribution in [0.3, 0.4) is 0 Å². The molecule has 0 aliphatic carbocycles. The molecule has 3 unspecified atom stereocenters. The van der Waals surface area contributed by atoms with Gasteiger partial charge in [-0.2, -0.15) is 4.89 Å². The van der Waals surface area contributed by atoms with E-state index in [4.69, 9.17) is 4.52 Å². The van der Waals surface area contributed by atoms with Crippen LogP contribution in [0, 0.1) is 5.92 Å². The lowest BCUT2D eigenvalue weighted by atomic mass is 9.96. The first-order valence-electron chi connectivity index (χ1n) is 10.1. The number of thioether (sulfide) groups is 1. The second kappa shape index (κ2) is 9.47. The summed E-state index contributed by atoms with van der Waals surface area (Å²) < 4.78 is 5.33. The molecule has 2 rings (SSSR count). The fourth-order valence-electron chi connectivity index (χ4n) is 4.05. The average molecular weight is 460 g/mol. The van der Waals surface area contributed by atoms with E-state index in [1.165, 1.54) is 11.8 Å². The summed E-state index contributed by atoms with van der Waals surface area (Å²) in [5, 5.41) is -0.513. The third-order valence-electron chi connectivity index (χ3n) is 5.09. The van der Waals surface area contributed by atoms with Gasteiger partial charge in [-0.3, -0.25) is 29.0 Å². The predicted molar refractivity (Wildman–Crippen MR) is 118 cm³/mol. The fraction of sp³-hybridized carbons (Fsp3) is 0.750. The fourth-order valence-corrected chi connectivity index (χ4v) is 6.38.